The van der Waals surface area contributed by atoms with Crippen molar-refractivity contribution < 1.29 is 0 Å². The van der Waals surface area contributed by atoms with Crippen LogP contribution in [-0.4, -0.2) is 4.98 Å². The standard InChI is InChI=1S/C14H15ClN2/c1-10-5-3-6-12(9-10)11(2)17-13-7-4-8-16-14(13)15/h3-9,11,17H,1-2H3. The number of benzene rings is 1. The van der Waals surface area contributed by atoms with Gasteiger partial charge in [-0.15, -0.1) is 0 Å². The van der Waals surface area contributed by atoms with Crippen LogP contribution in [0, 0.1) is 6.92 Å². The Morgan fingerprint density at radius 1 is 1.24 bits per heavy atom. The molecule has 0 spiro atoms. The Labute approximate surface area is 107 Å². The smallest absolute Gasteiger partial charge is 0.152 e. The van der Waals surface area contributed by atoms with E-state index in [4.69, 9.17) is 11.6 Å². The van der Waals surface area contributed by atoms with Crippen molar-refractivity contribution in [2.24, 2.45) is 0 Å². The van der Waals surface area contributed by atoms with Crippen LogP contribution in [-0.2, 0) is 0 Å². The Morgan fingerprint density at radius 3 is 2.76 bits per heavy atom. The molecule has 1 heterocycles. The number of halogens is 1. The molecule has 3 heteroatoms. The molecule has 1 atom stereocenters. The Morgan fingerprint density at radius 2 is 2.06 bits per heavy atom. The van der Waals surface area contributed by atoms with Crippen molar-refractivity contribution in [1.29, 1.82) is 0 Å². The highest BCUT2D eigenvalue weighted by atomic mass is 35.5. The molecule has 0 aliphatic rings. The first kappa shape index (κ1) is 11.9. The van der Waals surface area contributed by atoms with Crippen molar-refractivity contribution in [1.82, 2.24) is 4.98 Å². The summed E-state index contributed by atoms with van der Waals surface area (Å²) in [7, 11) is 0. The third-order valence-electron chi connectivity index (χ3n) is 2.67. The van der Waals surface area contributed by atoms with Gasteiger partial charge in [-0.25, -0.2) is 4.98 Å². The van der Waals surface area contributed by atoms with E-state index in [2.05, 4.69) is 48.4 Å². The van der Waals surface area contributed by atoms with Crippen LogP contribution >= 0.6 is 11.6 Å². The van der Waals surface area contributed by atoms with Gasteiger partial charge in [0.2, 0.25) is 0 Å². The summed E-state index contributed by atoms with van der Waals surface area (Å²) in [4.78, 5) is 4.05. The quantitative estimate of drug-likeness (QED) is 0.821. The first-order valence-corrected chi connectivity index (χ1v) is 5.98. The molecule has 2 nitrogen and oxygen atoms in total. The number of hydrogen-bond donors (Lipinski definition) is 1. The molecule has 1 N–H and O–H groups in total. The van der Waals surface area contributed by atoms with Gasteiger partial charge in [-0.3, -0.25) is 0 Å². The molecular weight excluding hydrogens is 232 g/mol. The second-order valence-electron chi connectivity index (χ2n) is 4.12. The molecular formula is C14H15ClN2. The summed E-state index contributed by atoms with van der Waals surface area (Å²) in [5.41, 5.74) is 3.36. The zero-order chi connectivity index (χ0) is 12.3. The molecule has 1 aromatic carbocycles. The van der Waals surface area contributed by atoms with Crippen molar-refractivity contribution in [3.63, 3.8) is 0 Å². The summed E-state index contributed by atoms with van der Waals surface area (Å²) >= 11 is 6.01. The van der Waals surface area contributed by atoms with Gasteiger partial charge in [-0.2, -0.15) is 0 Å². The van der Waals surface area contributed by atoms with Gasteiger partial charge in [0, 0.05) is 12.2 Å². The van der Waals surface area contributed by atoms with Gasteiger partial charge in [-0.1, -0.05) is 41.4 Å². The lowest BCUT2D eigenvalue weighted by molar-refractivity contribution is 0.881. The van der Waals surface area contributed by atoms with Crippen LogP contribution < -0.4 is 5.32 Å². The molecule has 0 saturated carbocycles. The minimum atomic E-state index is 0.205. The van der Waals surface area contributed by atoms with Crippen LogP contribution in [0.3, 0.4) is 0 Å². The third-order valence-corrected chi connectivity index (χ3v) is 2.97. The number of pyridine rings is 1. The van der Waals surface area contributed by atoms with Gasteiger partial charge >= 0.3 is 0 Å². The van der Waals surface area contributed by atoms with E-state index in [1.54, 1.807) is 6.20 Å². The number of aromatic nitrogens is 1. The SMILES string of the molecule is Cc1cccc(C(C)Nc2cccnc2Cl)c1. The second-order valence-corrected chi connectivity index (χ2v) is 4.48. The fraction of sp³-hybridized carbons (Fsp3) is 0.214. The summed E-state index contributed by atoms with van der Waals surface area (Å²) in [6.45, 7) is 4.20. The zero-order valence-electron chi connectivity index (χ0n) is 9.94. The lowest BCUT2D eigenvalue weighted by atomic mass is 10.1. The molecule has 1 aromatic heterocycles. The maximum atomic E-state index is 6.01. The molecule has 0 aliphatic carbocycles. The summed E-state index contributed by atoms with van der Waals surface area (Å²) < 4.78 is 0. The summed E-state index contributed by atoms with van der Waals surface area (Å²) in [5.74, 6) is 0. The maximum Gasteiger partial charge on any atom is 0.152 e. The summed E-state index contributed by atoms with van der Waals surface area (Å²) in [6, 6.07) is 12.4. The molecule has 1 unspecified atom stereocenters. The van der Waals surface area contributed by atoms with Crippen molar-refractivity contribution in [2.75, 3.05) is 5.32 Å². The molecule has 0 saturated heterocycles. The minimum Gasteiger partial charge on any atom is -0.376 e. The lowest BCUT2D eigenvalue weighted by Crippen LogP contribution is -2.07. The van der Waals surface area contributed by atoms with E-state index in [9.17, 15) is 0 Å². The molecule has 2 aromatic rings. The number of hydrogen-bond acceptors (Lipinski definition) is 2. The number of anilines is 1. The van der Waals surface area contributed by atoms with Crippen molar-refractivity contribution in [3.8, 4) is 0 Å². The van der Waals surface area contributed by atoms with Crippen LogP contribution in [0.1, 0.15) is 24.1 Å². The van der Waals surface area contributed by atoms with Gasteiger partial charge in [0.1, 0.15) is 0 Å². The van der Waals surface area contributed by atoms with Crippen molar-refractivity contribution in [3.05, 3.63) is 58.9 Å². The van der Waals surface area contributed by atoms with E-state index in [0.29, 0.717) is 5.15 Å². The van der Waals surface area contributed by atoms with E-state index >= 15 is 0 Å². The Bertz CT molecular complexity index is 511. The summed E-state index contributed by atoms with van der Waals surface area (Å²) in [6.07, 6.45) is 1.69. The number of nitrogens with one attached hydrogen (secondary N) is 1. The highest BCUT2D eigenvalue weighted by Crippen LogP contribution is 2.24. The molecule has 17 heavy (non-hydrogen) atoms. The fourth-order valence-corrected chi connectivity index (χ4v) is 1.92. The molecule has 0 amide bonds. The predicted molar refractivity (Wildman–Crippen MR) is 72.5 cm³/mol. The fourth-order valence-electron chi connectivity index (χ4n) is 1.75. The molecule has 2 rings (SSSR count). The normalized spacial score (nSPS) is 12.2. The van der Waals surface area contributed by atoms with Gasteiger partial charge in [0.05, 0.1) is 5.69 Å². The number of rotatable bonds is 3. The molecule has 0 fully saturated rings. The van der Waals surface area contributed by atoms with Crippen LogP contribution in [0.4, 0.5) is 5.69 Å². The summed E-state index contributed by atoms with van der Waals surface area (Å²) in [5, 5.41) is 3.87. The third kappa shape index (κ3) is 2.98. The number of nitrogens with zero attached hydrogens (tertiary/aromatic N) is 1. The number of aryl methyl sites for hydroxylation is 1. The minimum absolute atomic E-state index is 0.205. The van der Waals surface area contributed by atoms with E-state index in [1.807, 2.05) is 12.1 Å². The largest absolute Gasteiger partial charge is 0.376 e. The highest BCUT2D eigenvalue weighted by Gasteiger charge is 2.07. The van der Waals surface area contributed by atoms with Crippen LogP contribution in [0.5, 0.6) is 0 Å². The molecule has 0 radical (unpaired) electrons. The Hall–Kier alpha value is -1.54. The van der Waals surface area contributed by atoms with Crippen molar-refractivity contribution >= 4 is 17.3 Å². The topological polar surface area (TPSA) is 24.9 Å². The van der Waals surface area contributed by atoms with E-state index in [-0.39, 0.29) is 6.04 Å². The van der Waals surface area contributed by atoms with Gasteiger partial charge in [-0.05, 0) is 31.5 Å². The Kier molecular flexibility index (Phi) is 3.64. The molecule has 88 valence electrons. The van der Waals surface area contributed by atoms with E-state index in [0.717, 1.165) is 5.69 Å². The van der Waals surface area contributed by atoms with Gasteiger partial charge < -0.3 is 5.32 Å². The monoisotopic (exact) mass is 246 g/mol. The van der Waals surface area contributed by atoms with E-state index in [1.165, 1.54) is 11.1 Å². The predicted octanol–water partition coefficient (Wildman–Crippen LogP) is 4.22. The van der Waals surface area contributed by atoms with Crippen LogP contribution in [0.25, 0.3) is 0 Å². The molecule has 0 aliphatic heterocycles. The van der Waals surface area contributed by atoms with Crippen molar-refractivity contribution in [2.45, 2.75) is 19.9 Å². The maximum absolute atomic E-state index is 6.01. The van der Waals surface area contributed by atoms with Crippen LogP contribution in [0.2, 0.25) is 5.15 Å². The van der Waals surface area contributed by atoms with Gasteiger partial charge in [0.25, 0.3) is 0 Å². The highest BCUT2D eigenvalue weighted by molar-refractivity contribution is 6.31. The first-order valence-electron chi connectivity index (χ1n) is 5.60. The second kappa shape index (κ2) is 5.19. The lowest BCUT2D eigenvalue weighted by Gasteiger charge is -2.16. The average Bonchev–Trinajstić information content (AvgIpc) is 2.32. The average molecular weight is 247 g/mol. The molecule has 0 bridgehead atoms. The zero-order valence-corrected chi connectivity index (χ0v) is 10.7. The first-order chi connectivity index (χ1) is 8.16. The van der Waals surface area contributed by atoms with E-state index < -0.39 is 0 Å². The van der Waals surface area contributed by atoms with Crippen LogP contribution in [0.15, 0.2) is 42.6 Å². The van der Waals surface area contributed by atoms with Gasteiger partial charge in [0.15, 0.2) is 5.15 Å². The Balaban J connectivity index is 2.17.